The van der Waals surface area contributed by atoms with Gasteiger partial charge in [-0.15, -0.1) is 0 Å². The lowest BCUT2D eigenvalue weighted by Crippen LogP contribution is -2.56. The van der Waals surface area contributed by atoms with Crippen LogP contribution in [-0.4, -0.2) is 85.8 Å². The molecule has 4 amide bonds. The molecule has 3 heterocycles. The minimum Gasteiger partial charge on any atom is -0.451 e. The third-order valence-corrected chi connectivity index (χ3v) is 9.71. The zero-order chi connectivity index (χ0) is 35.4. The Bertz CT molecular complexity index is 1960. The Morgan fingerprint density at radius 2 is 1.56 bits per heavy atom. The molecule has 0 saturated carbocycles. The number of amides is 4. The second-order valence-corrected chi connectivity index (χ2v) is 13.2. The van der Waals surface area contributed by atoms with Gasteiger partial charge in [-0.3, -0.25) is 24.0 Å². The molecule has 2 aliphatic rings. The van der Waals surface area contributed by atoms with Crippen LogP contribution in [-0.2, 0) is 16.0 Å². The van der Waals surface area contributed by atoms with Crippen molar-refractivity contribution in [3.05, 3.63) is 105 Å². The Morgan fingerprint density at radius 1 is 0.860 bits per heavy atom. The van der Waals surface area contributed by atoms with Crippen molar-refractivity contribution in [3.8, 4) is 0 Å². The van der Waals surface area contributed by atoms with E-state index in [9.17, 15) is 24.0 Å². The van der Waals surface area contributed by atoms with Crippen LogP contribution in [0.15, 0.2) is 82.0 Å². The predicted molar refractivity (Wildman–Crippen MR) is 193 cm³/mol. The Balaban J connectivity index is 1.19. The van der Waals surface area contributed by atoms with E-state index in [1.54, 1.807) is 48.3 Å². The zero-order valence-corrected chi connectivity index (χ0v) is 28.9. The average Bonchev–Trinajstić information content (AvgIpc) is 3.14. The maximum Gasteiger partial charge on any atom is 0.287 e. The normalized spacial score (nSPS) is 15.5. The number of hydrogen-bond donors (Lipinski definition) is 1. The molecular formula is C38H40ClN5O6. The van der Waals surface area contributed by atoms with Crippen LogP contribution in [0.1, 0.15) is 52.7 Å². The molecule has 4 aromatic rings. The van der Waals surface area contributed by atoms with Crippen LogP contribution in [0.3, 0.4) is 0 Å². The van der Waals surface area contributed by atoms with Crippen LogP contribution in [0.2, 0.25) is 5.02 Å². The number of piperazine rings is 1. The Labute approximate surface area is 295 Å². The number of para-hydroxylation sites is 1. The molecule has 0 aliphatic carbocycles. The molecule has 2 saturated heterocycles. The molecule has 0 spiro atoms. The second kappa shape index (κ2) is 15.2. The van der Waals surface area contributed by atoms with Gasteiger partial charge in [-0.05, 0) is 67.3 Å². The number of nitrogens with zero attached hydrogens (tertiary/aromatic N) is 4. The van der Waals surface area contributed by atoms with Gasteiger partial charge in [0.05, 0.1) is 10.9 Å². The largest absolute Gasteiger partial charge is 0.451 e. The van der Waals surface area contributed by atoms with Crippen LogP contribution in [0.5, 0.6) is 0 Å². The van der Waals surface area contributed by atoms with E-state index >= 15 is 0 Å². The Morgan fingerprint density at radius 3 is 2.26 bits per heavy atom. The SMILES string of the molecule is CC(=O)N(C)c1ccc2oc(C(=O)N[C@H](Cc3ccc(Cl)cc3)C(=O)N3CCN(c4ccccc4C(=O)N4CCCCC4)CC3)cc(=O)c2c1. The number of benzene rings is 3. The quantitative estimate of drug-likeness (QED) is 0.282. The summed E-state index contributed by atoms with van der Waals surface area (Å²) in [5.74, 6) is -1.37. The lowest BCUT2D eigenvalue weighted by atomic mass is 10.0. The lowest BCUT2D eigenvalue weighted by Gasteiger charge is -2.38. The molecule has 50 heavy (non-hydrogen) atoms. The van der Waals surface area contributed by atoms with E-state index in [1.807, 2.05) is 29.2 Å². The summed E-state index contributed by atoms with van der Waals surface area (Å²) in [7, 11) is 1.60. The van der Waals surface area contributed by atoms with Gasteiger partial charge in [-0.2, -0.15) is 0 Å². The first-order valence-electron chi connectivity index (χ1n) is 16.9. The van der Waals surface area contributed by atoms with E-state index in [-0.39, 0.29) is 40.9 Å². The van der Waals surface area contributed by atoms with Gasteiger partial charge in [0.25, 0.3) is 11.8 Å². The summed E-state index contributed by atoms with van der Waals surface area (Å²) in [6, 6.07) is 19.5. The summed E-state index contributed by atoms with van der Waals surface area (Å²) in [4.78, 5) is 73.2. The minimum atomic E-state index is -0.962. The van der Waals surface area contributed by atoms with E-state index in [0.717, 1.165) is 49.7 Å². The smallest absolute Gasteiger partial charge is 0.287 e. The number of rotatable bonds is 8. The minimum absolute atomic E-state index is 0.0359. The molecule has 3 aromatic carbocycles. The highest BCUT2D eigenvalue weighted by atomic mass is 35.5. The molecule has 6 rings (SSSR count). The van der Waals surface area contributed by atoms with E-state index in [4.69, 9.17) is 16.0 Å². The highest BCUT2D eigenvalue weighted by molar-refractivity contribution is 6.30. The summed E-state index contributed by atoms with van der Waals surface area (Å²) in [5.41, 5.74) is 2.55. The number of carbonyl (C=O) groups excluding carboxylic acids is 4. The molecule has 12 heteroatoms. The Hall–Kier alpha value is -5.16. The summed E-state index contributed by atoms with van der Waals surface area (Å²) in [6.07, 6.45) is 3.35. The summed E-state index contributed by atoms with van der Waals surface area (Å²) >= 11 is 6.11. The molecule has 0 bridgehead atoms. The highest BCUT2D eigenvalue weighted by Gasteiger charge is 2.31. The fourth-order valence-electron chi connectivity index (χ4n) is 6.52. The molecule has 260 valence electrons. The number of halogens is 1. The number of fused-ring (bicyclic) bond motifs is 1. The molecule has 11 nitrogen and oxygen atoms in total. The van der Waals surface area contributed by atoms with Crippen molar-refractivity contribution in [2.45, 2.75) is 38.6 Å². The van der Waals surface area contributed by atoms with Gasteiger partial charge in [-0.1, -0.05) is 35.9 Å². The first-order valence-corrected chi connectivity index (χ1v) is 17.3. The van der Waals surface area contributed by atoms with E-state index < -0.39 is 17.4 Å². The number of likely N-dealkylation sites (tertiary alicyclic amines) is 1. The molecule has 1 N–H and O–H groups in total. The van der Waals surface area contributed by atoms with Gasteiger partial charge in [0.15, 0.2) is 11.2 Å². The standard InChI is InChI=1S/C38H40ClN5O6/c1-25(45)41(2)28-14-15-34-30(23-28)33(46)24-35(50-34)36(47)40-31(22-26-10-12-27(39)13-11-26)38(49)44-20-18-42(19-21-44)32-9-5-4-8-29(32)37(48)43-16-6-3-7-17-43/h4-5,8-15,23-24,31H,3,6-7,16-22H2,1-2H3,(H,40,47)/t31-/m1/s1. The third-order valence-electron chi connectivity index (χ3n) is 9.46. The molecule has 0 unspecified atom stereocenters. The van der Waals surface area contributed by atoms with Gasteiger partial charge in [-0.25, -0.2) is 0 Å². The number of carbonyl (C=O) groups is 4. The van der Waals surface area contributed by atoms with Crippen molar-refractivity contribution in [3.63, 3.8) is 0 Å². The molecular weight excluding hydrogens is 658 g/mol. The highest BCUT2D eigenvalue weighted by Crippen LogP contribution is 2.26. The van der Waals surface area contributed by atoms with Crippen LogP contribution in [0.25, 0.3) is 11.0 Å². The molecule has 2 fully saturated rings. The van der Waals surface area contributed by atoms with Gasteiger partial charge < -0.3 is 29.3 Å². The molecule has 2 aliphatic heterocycles. The van der Waals surface area contributed by atoms with Crippen LogP contribution < -0.4 is 20.5 Å². The fourth-order valence-corrected chi connectivity index (χ4v) is 6.64. The van der Waals surface area contributed by atoms with Crippen LogP contribution >= 0.6 is 11.6 Å². The van der Waals surface area contributed by atoms with E-state index in [0.29, 0.717) is 42.5 Å². The molecule has 1 aromatic heterocycles. The maximum atomic E-state index is 14.1. The summed E-state index contributed by atoms with van der Waals surface area (Å²) in [5, 5.41) is 3.59. The molecule has 0 radical (unpaired) electrons. The number of piperidine rings is 1. The van der Waals surface area contributed by atoms with Crippen molar-refractivity contribution in [2.75, 3.05) is 56.1 Å². The average molecular weight is 698 g/mol. The van der Waals surface area contributed by atoms with Crippen molar-refractivity contribution >= 4 is 57.6 Å². The van der Waals surface area contributed by atoms with Crippen LogP contribution in [0.4, 0.5) is 11.4 Å². The number of anilines is 2. The van der Waals surface area contributed by atoms with E-state index in [1.165, 1.54) is 17.9 Å². The first kappa shape index (κ1) is 34.7. The second-order valence-electron chi connectivity index (χ2n) is 12.8. The van der Waals surface area contributed by atoms with Crippen molar-refractivity contribution in [2.24, 2.45) is 0 Å². The monoisotopic (exact) mass is 697 g/mol. The lowest BCUT2D eigenvalue weighted by molar-refractivity contribution is -0.133. The third kappa shape index (κ3) is 7.68. The number of hydrogen-bond acceptors (Lipinski definition) is 7. The maximum absolute atomic E-state index is 14.1. The molecule has 1 atom stereocenters. The number of nitrogens with one attached hydrogen (secondary N) is 1. The summed E-state index contributed by atoms with van der Waals surface area (Å²) < 4.78 is 5.83. The zero-order valence-electron chi connectivity index (χ0n) is 28.2. The first-order chi connectivity index (χ1) is 24.1. The van der Waals surface area contributed by atoms with Crippen molar-refractivity contribution < 1.29 is 23.6 Å². The van der Waals surface area contributed by atoms with Crippen LogP contribution in [0, 0.1) is 0 Å². The predicted octanol–water partition coefficient (Wildman–Crippen LogP) is 4.75. The van der Waals surface area contributed by atoms with Gasteiger partial charge in [0.1, 0.15) is 11.6 Å². The van der Waals surface area contributed by atoms with Crippen molar-refractivity contribution in [1.29, 1.82) is 0 Å². The van der Waals surface area contributed by atoms with Crippen molar-refractivity contribution in [1.82, 2.24) is 15.1 Å². The van der Waals surface area contributed by atoms with Gasteiger partial charge >= 0.3 is 0 Å². The Kier molecular flexibility index (Phi) is 10.5. The summed E-state index contributed by atoms with van der Waals surface area (Å²) in [6.45, 7) is 4.74. The fraction of sp³-hybridized carbons (Fsp3) is 0.342. The van der Waals surface area contributed by atoms with E-state index in [2.05, 4.69) is 10.2 Å². The van der Waals surface area contributed by atoms with Gasteiger partial charge in [0.2, 0.25) is 11.8 Å². The topological polar surface area (TPSA) is 123 Å². The van der Waals surface area contributed by atoms with Gasteiger partial charge in [0, 0.05) is 82.1 Å².